The zero-order chi connectivity index (χ0) is 26.3. The molecule has 2 saturated carbocycles. The highest BCUT2D eigenvalue weighted by molar-refractivity contribution is 5.92. The monoisotopic (exact) mass is 515 g/mol. The number of hydrogen-bond donors (Lipinski definition) is 2. The van der Waals surface area contributed by atoms with Crippen LogP contribution in [0.3, 0.4) is 0 Å². The van der Waals surface area contributed by atoms with Gasteiger partial charge in [-0.25, -0.2) is 19.7 Å². The van der Waals surface area contributed by atoms with Gasteiger partial charge in [0.05, 0.1) is 5.92 Å². The molecular formula is C27H32F3N5O2. The molecule has 0 aliphatic heterocycles. The Bertz CT molecular complexity index is 1290. The lowest BCUT2D eigenvalue weighted by molar-refractivity contribution is -0.184. The molecule has 0 saturated heterocycles. The minimum Gasteiger partial charge on any atom is -0.475 e. The van der Waals surface area contributed by atoms with Crippen molar-refractivity contribution in [1.82, 2.24) is 19.5 Å². The highest BCUT2D eigenvalue weighted by atomic mass is 19.4. The molecule has 2 fully saturated rings. The van der Waals surface area contributed by atoms with Crippen molar-refractivity contribution in [2.75, 3.05) is 5.32 Å². The quantitative estimate of drug-likeness (QED) is 0.375. The van der Waals surface area contributed by atoms with Gasteiger partial charge in [0.1, 0.15) is 11.3 Å². The molecule has 0 radical (unpaired) electrons. The lowest BCUT2D eigenvalue weighted by Crippen LogP contribution is -2.32. The molecule has 2 N–H and O–H groups in total. The Labute approximate surface area is 213 Å². The molecule has 3 aromatic rings. The van der Waals surface area contributed by atoms with Crippen LogP contribution in [0.1, 0.15) is 68.1 Å². The predicted molar refractivity (Wildman–Crippen MR) is 134 cm³/mol. The van der Waals surface area contributed by atoms with E-state index >= 15 is 0 Å². The third-order valence-electron chi connectivity index (χ3n) is 8.04. The third kappa shape index (κ3) is 5.29. The largest absolute Gasteiger partial charge is 0.475 e. The molecule has 0 bridgehead atoms. The van der Waals surface area contributed by atoms with Gasteiger partial charge in [-0.1, -0.05) is 30.2 Å². The zero-order valence-corrected chi connectivity index (χ0v) is 21.1. The fourth-order valence-corrected chi connectivity index (χ4v) is 5.62. The average molecular weight is 516 g/mol. The van der Waals surface area contributed by atoms with Crippen LogP contribution < -0.4 is 5.32 Å². The lowest BCUT2D eigenvalue weighted by Gasteiger charge is -2.32. The highest BCUT2D eigenvalue weighted by Gasteiger charge is 2.41. The molecule has 0 spiro atoms. The third-order valence-corrected chi connectivity index (χ3v) is 8.04. The number of imidazole rings is 1. The van der Waals surface area contributed by atoms with Gasteiger partial charge in [-0.2, -0.15) is 13.2 Å². The molecule has 7 nitrogen and oxygen atoms in total. The molecular weight excluding hydrogens is 483 g/mol. The number of hydrogen-bond acceptors (Lipinski definition) is 5. The van der Waals surface area contributed by atoms with Crippen molar-refractivity contribution in [3.05, 3.63) is 35.7 Å². The number of carbonyl (C=O) groups is 1. The van der Waals surface area contributed by atoms with E-state index in [9.17, 15) is 23.1 Å². The maximum absolute atomic E-state index is 13.3. The van der Waals surface area contributed by atoms with Crippen LogP contribution in [0.4, 0.5) is 19.0 Å². The summed E-state index contributed by atoms with van der Waals surface area (Å²) in [6.45, 7) is 4.51. The second-order valence-electron chi connectivity index (χ2n) is 10.7. The number of aromatic carboxylic acids is 1. The van der Waals surface area contributed by atoms with E-state index in [1.807, 2.05) is 35.8 Å². The van der Waals surface area contributed by atoms with Gasteiger partial charge in [0, 0.05) is 18.2 Å². The smallest absolute Gasteiger partial charge is 0.391 e. The number of alkyl halides is 3. The molecule has 2 aromatic heterocycles. The number of carboxylic acids is 1. The molecule has 198 valence electrons. The molecule has 10 heteroatoms. The number of fused-ring (bicyclic) bond motifs is 1. The number of nitrogens with one attached hydrogen (secondary N) is 1. The first kappa shape index (κ1) is 25.5. The van der Waals surface area contributed by atoms with Gasteiger partial charge in [-0.3, -0.25) is 0 Å². The Morgan fingerprint density at radius 2 is 1.86 bits per heavy atom. The number of carboxylic acid groups (broad SMARTS) is 1. The second-order valence-corrected chi connectivity index (χ2v) is 10.7. The minimum absolute atomic E-state index is 0.0376. The maximum atomic E-state index is 13.3. The number of aromatic nitrogens is 4. The van der Waals surface area contributed by atoms with Gasteiger partial charge in [-0.05, 0) is 70.3 Å². The first-order valence-corrected chi connectivity index (χ1v) is 13.0. The van der Waals surface area contributed by atoms with Crippen LogP contribution in [0.25, 0.3) is 22.6 Å². The number of nitrogens with zero attached hydrogens (tertiary/aromatic N) is 4. The van der Waals surface area contributed by atoms with Crippen molar-refractivity contribution >= 4 is 23.0 Å². The van der Waals surface area contributed by atoms with Crippen molar-refractivity contribution in [3.8, 4) is 11.4 Å². The Hall–Kier alpha value is -3.17. The van der Waals surface area contributed by atoms with Crippen LogP contribution >= 0.6 is 0 Å². The Morgan fingerprint density at radius 1 is 1.14 bits per heavy atom. The van der Waals surface area contributed by atoms with E-state index in [-0.39, 0.29) is 36.3 Å². The Balaban J connectivity index is 1.59. The van der Waals surface area contributed by atoms with E-state index in [0.29, 0.717) is 42.5 Å². The summed E-state index contributed by atoms with van der Waals surface area (Å²) in [6.07, 6.45) is 0.378. The average Bonchev–Trinajstić information content (AvgIpc) is 3.16. The molecule has 2 heterocycles. The van der Waals surface area contributed by atoms with Gasteiger partial charge in [0.25, 0.3) is 0 Å². The minimum atomic E-state index is -4.16. The fourth-order valence-electron chi connectivity index (χ4n) is 5.62. The van der Waals surface area contributed by atoms with Gasteiger partial charge in [-0.15, -0.1) is 0 Å². The second kappa shape index (κ2) is 9.95. The maximum Gasteiger partial charge on any atom is 0.391 e. The van der Waals surface area contributed by atoms with E-state index in [2.05, 4.69) is 22.2 Å². The summed E-state index contributed by atoms with van der Waals surface area (Å²) >= 11 is 0. The van der Waals surface area contributed by atoms with Crippen LogP contribution in [0.2, 0.25) is 0 Å². The lowest BCUT2D eigenvalue weighted by atomic mass is 9.80. The van der Waals surface area contributed by atoms with Gasteiger partial charge in [0.15, 0.2) is 11.5 Å². The molecule has 2 aliphatic carbocycles. The highest BCUT2D eigenvalue weighted by Crippen LogP contribution is 2.41. The van der Waals surface area contributed by atoms with E-state index in [1.54, 1.807) is 0 Å². The zero-order valence-electron chi connectivity index (χ0n) is 21.1. The van der Waals surface area contributed by atoms with Crippen molar-refractivity contribution in [1.29, 1.82) is 0 Å². The predicted octanol–water partition coefficient (Wildman–Crippen LogP) is 6.47. The van der Waals surface area contributed by atoms with Gasteiger partial charge in [0.2, 0.25) is 5.82 Å². The van der Waals surface area contributed by atoms with Crippen LogP contribution in [0.5, 0.6) is 0 Å². The van der Waals surface area contributed by atoms with Crippen molar-refractivity contribution in [2.24, 2.45) is 17.8 Å². The topological polar surface area (TPSA) is 92.9 Å². The summed E-state index contributed by atoms with van der Waals surface area (Å²) < 4.78 is 41.8. The van der Waals surface area contributed by atoms with Crippen LogP contribution in [-0.4, -0.2) is 42.8 Å². The Kier molecular flexibility index (Phi) is 6.85. The number of aryl methyl sites for hydroxylation is 1. The van der Waals surface area contributed by atoms with E-state index in [0.717, 1.165) is 24.0 Å². The first-order chi connectivity index (χ1) is 17.6. The number of rotatable bonds is 7. The molecule has 37 heavy (non-hydrogen) atoms. The van der Waals surface area contributed by atoms with Gasteiger partial charge >= 0.3 is 12.1 Å². The standard InChI is InChI=1S/C27H32F3N5O2/c1-15-5-3-8-19(13-15)25-34-23-21(35(25)14-17-9-11-20(12-10-17)27(28,29)30)22(32-24(33-23)26(36)37)31-16(2)18-6-4-7-18/h3,5,8,13,16-18,20H,4,6-7,9-12,14H2,1-2H3,(H,36,37)(H,31,32,33). The first-order valence-electron chi connectivity index (χ1n) is 13.0. The van der Waals surface area contributed by atoms with Gasteiger partial charge < -0.3 is 15.0 Å². The summed E-state index contributed by atoms with van der Waals surface area (Å²) in [5.41, 5.74) is 2.76. The summed E-state index contributed by atoms with van der Waals surface area (Å²) in [6, 6.07) is 7.91. The summed E-state index contributed by atoms with van der Waals surface area (Å²) in [5.74, 6) is -1.27. The van der Waals surface area contributed by atoms with Crippen LogP contribution in [-0.2, 0) is 6.54 Å². The normalized spacial score (nSPS) is 21.5. The van der Waals surface area contributed by atoms with E-state index < -0.39 is 18.1 Å². The summed E-state index contributed by atoms with van der Waals surface area (Å²) in [4.78, 5) is 25.2. The van der Waals surface area contributed by atoms with Crippen LogP contribution in [0, 0.1) is 24.7 Å². The molecule has 0 amide bonds. The SMILES string of the molecule is Cc1cccc(-c2nc3nc(C(=O)O)nc(NC(C)C4CCC4)c3n2CC2CCC(C(F)(F)F)CC2)c1. The van der Waals surface area contributed by atoms with E-state index in [1.165, 1.54) is 6.42 Å². The van der Waals surface area contributed by atoms with Crippen LogP contribution in [0.15, 0.2) is 24.3 Å². The number of anilines is 1. The van der Waals surface area contributed by atoms with Crippen molar-refractivity contribution < 1.29 is 23.1 Å². The molecule has 2 aliphatic rings. The van der Waals surface area contributed by atoms with Crippen molar-refractivity contribution in [2.45, 2.75) is 77.6 Å². The fraction of sp³-hybridized carbons (Fsp3) is 0.556. The summed E-state index contributed by atoms with van der Waals surface area (Å²) in [7, 11) is 0. The summed E-state index contributed by atoms with van der Waals surface area (Å²) in [5, 5.41) is 13.1. The molecule has 1 unspecified atom stereocenters. The molecule has 5 rings (SSSR count). The van der Waals surface area contributed by atoms with Crippen molar-refractivity contribution in [3.63, 3.8) is 0 Å². The number of benzene rings is 1. The van der Waals surface area contributed by atoms with E-state index in [4.69, 9.17) is 4.98 Å². The molecule has 1 atom stereocenters. The molecule has 1 aromatic carbocycles. The number of halogens is 3. The Morgan fingerprint density at radius 3 is 2.46 bits per heavy atom.